The average Bonchev–Trinajstić information content (AvgIpc) is 3.14. The molecule has 0 unspecified atom stereocenters. The quantitative estimate of drug-likeness (QED) is 0.260. The predicted octanol–water partition coefficient (Wildman–Crippen LogP) is 6.59. The van der Waals surface area contributed by atoms with Gasteiger partial charge in [-0.25, -0.2) is 4.79 Å². The summed E-state index contributed by atoms with van der Waals surface area (Å²) in [5.74, 6) is -2.44. The summed E-state index contributed by atoms with van der Waals surface area (Å²) in [6, 6.07) is 7.71. The van der Waals surface area contributed by atoms with Crippen molar-refractivity contribution in [1.29, 1.82) is 0 Å². The van der Waals surface area contributed by atoms with Gasteiger partial charge in [0.1, 0.15) is 24.1 Å². The van der Waals surface area contributed by atoms with E-state index in [1.165, 1.54) is 19.9 Å². The second kappa shape index (κ2) is 19.0. The smallest absolute Gasteiger partial charge is 0.337 e. The maximum atomic E-state index is 14.1. The Morgan fingerprint density at radius 2 is 1.80 bits per heavy atom. The lowest BCUT2D eigenvalue weighted by Crippen LogP contribution is -2.59. The number of carbonyl (C=O) groups excluding carboxylic acids is 3. The van der Waals surface area contributed by atoms with Crippen LogP contribution in [0.5, 0.6) is 0 Å². The van der Waals surface area contributed by atoms with Crippen LogP contribution >= 0.6 is 0 Å². The Balaban J connectivity index is 1.87. The van der Waals surface area contributed by atoms with Crippen molar-refractivity contribution in [2.75, 3.05) is 27.8 Å². The van der Waals surface area contributed by atoms with E-state index in [1.54, 1.807) is 34.1 Å². The zero-order valence-corrected chi connectivity index (χ0v) is 35.2. The summed E-state index contributed by atoms with van der Waals surface area (Å²) in [4.78, 5) is 46.9. The number of rotatable bonds is 10. The zero-order valence-electron chi connectivity index (χ0n) is 35.2. The first kappa shape index (κ1) is 44.8. The third-order valence-electron chi connectivity index (χ3n) is 11.1. The molecule has 2 aliphatic heterocycles. The number of ether oxygens (including phenoxy) is 6. The fourth-order valence-electron chi connectivity index (χ4n) is 8.14. The van der Waals surface area contributed by atoms with Crippen LogP contribution in [0.15, 0.2) is 65.7 Å². The number of ketones is 1. The summed E-state index contributed by atoms with van der Waals surface area (Å²) in [5.41, 5.74) is -1.45. The number of allylic oxidation sites excluding steroid dienone is 1. The highest BCUT2D eigenvalue weighted by Crippen LogP contribution is 2.40. The van der Waals surface area contributed by atoms with Gasteiger partial charge in [0, 0.05) is 49.2 Å². The molecule has 0 spiro atoms. The van der Waals surface area contributed by atoms with Gasteiger partial charge in [-0.2, -0.15) is 0 Å². The highest BCUT2D eigenvalue weighted by molar-refractivity contribution is 5.96. The van der Waals surface area contributed by atoms with E-state index in [9.17, 15) is 19.5 Å². The molecule has 0 saturated carbocycles. The minimum atomic E-state index is -1.64. The molecule has 12 nitrogen and oxygen atoms in total. The maximum absolute atomic E-state index is 14.1. The van der Waals surface area contributed by atoms with Crippen LogP contribution in [0.25, 0.3) is 16.8 Å². The molecule has 4 rings (SSSR count). The van der Waals surface area contributed by atoms with Gasteiger partial charge >= 0.3 is 11.9 Å². The highest BCUT2D eigenvalue weighted by Gasteiger charge is 2.50. The van der Waals surface area contributed by atoms with Crippen molar-refractivity contribution in [2.45, 2.75) is 130 Å². The minimum Gasteiger partial charge on any atom is -0.493 e. The first-order valence-electron chi connectivity index (χ1n) is 19.5. The molecule has 1 N–H and O–H groups in total. The fraction of sp³-hybridized carbons (Fsp3) is 0.591. The van der Waals surface area contributed by atoms with Gasteiger partial charge in [0.2, 0.25) is 0 Å². The standard InChI is InChI=1S/C44H62N2O10/c1-13-36-43(8,50)22-26(2)37(48)27(3)23-44(9,51-12)40(56-42-39(54-31(7)47)35(46(10)11)21-28(4)53-42)29(5)38(30(6)41(49)55-36)52-20-16-18-33-25-45-24-32-17-14-15-19-34(32)33/h14-19,22,24-25,27-29,35-36,39-40,42,50H,13,20-21,23H2,1-12H3/b18-16+,26-22+,38-30+/t27-,28-,29+,35+,36-,39-,40-,42+,43+,44-/m1/s1. The van der Waals surface area contributed by atoms with Crippen molar-refractivity contribution in [3.8, 4) is 0 Å². The normalized spacial score (nSPS) is 34.9. The van der Waals surface area contributed by atoms with Crippen LogP contribution in [0.3, 0.4) is 0 Å². The lowest BCUT2D eigenvalue weighted by molar-refractivity contribution is -0.298. The Hall–Kier alpha value is -3.94. The number of fused-ring (bicyclic) bond motifs is 1. The molecule has 0 bridgehead atoms. The Morgan fingerprint density at radius 1 is 1.11 bits per heavy atom. The van der Waals surface area contributed by atoms with Gasteiger partial charge in [-0.05, 0) is 91.1 Å². The molecule has 10 atom stereocenters. The summed E-state index contributed by atoms with van der Waals surface area (Å²) < 4.78 is 38.1. The second-order valence-corrected chi connectivity index (χ2v) is 16.0. The van der Waals surface area contributed by atoms with E-state index < -0.39 is 59.6 Å². The van der Waals surface area contributed by atoms with Crippen LogP contribution in [0.4, 0.5) is 0 Å². The first-order chi connectivity index (χ1) is 26.3. The van der Waals surface area contributed by atoms with Gasteiger partial charge in [-0.1, -0.05) is 51.1 Å². The zero-order chi connectivity index (χ0) is 41.5. The van der Waals surface area contributed by atoms with Crippen molar-refractivity contribution in [1.82, 2.24) is 9.88 Å². The molecule has 1 fully saturated rings. The Morgan fingerprint density at radius 3 is 2.45 bits per heavy atom. The van der Waals surface area contributed by atoms with Crippen molar-refractivity contribution in [3.63, 3.8) is 0 Å². The van der Waals surface area contributed by atoms with E-state index in [0.717, 1.165) is 16.3 Å². The minimum absolute atomic E-state index is 0.0609. The van der Waals surface area contributed by atoms with Gasteiger partial charge in [-0.15, -0.1) is 0 Å². The summed E-state index contributed by atoms with van der Waals surface area (Å²) >= 11 is 0. The number of esters is 2. The molecule has 2 aromatic rings. The molecular weight excluding hydrogens is 716 g/mol. The van der Waals surface area contributed by atoms with Crippen molar-refractivity contribution >= 4 is 34.6 Å². The summed E-state index contributed by atoms with van der Waals surface area (Å²) in [6.45, 7) is 15.5. The molecule has 308 valence electrons. The summed E-state index contributed by atoms with van der Waals surface area (Å²) in [7, 11) is 5.37. The van der Waals surface area contributed by atoms with Crippen LogP contribution in [-0.2, 0) is 42.8 Å². The highest BCUT2D eigenvalue weighted by atomic mass is 16.7. The van der Waals surface area contributed by atoms with E-state index in [2.05, 4.69) is 4.98 Å². The number of nitrogens with zero attached hydrogens (tertiary/aromatic N) is 2. The SMILES string of the molecule is CC[C@H]1OC(=O)/C(C)=C(/OC/C=C/c2cncc3ccccc23)[C@H](C)[C@@H](O[C@@H]2O[C@H](C)C[C@H](N(C)C)[C@H]2OC(C)=O)[C@](C)(OC)C[C@@H](C)C(=O)/C(C)=C/[C@]1(C)O. The molecule has 3 heterocycles. The number of likely N-dealkylation sites (N-methyl/N-ethyl adjacent to an activating group) is 1. The Kier molecular flexibility index (Phi) is 15.2. The maximum Gasteiger partial charge on any atom is 0.337 e. The topological polar surface area (TPSA) is 143 Å². The number of hydrogen-bond donors (Lipinski definition) is 1. The third-order valence-corrected chi connectivity index (χ3v) is 11.1. The largest absolute Gasteiger partial charge is 0.493 e. The van der Waals surface area contributed by atoms with Gasteiger partial charge in [0.25, 0.3) is 0 Å². The average molecular weight is 779 g/mol. The molecule has 12 heteroatoms. The lowest BCUT2D eigenvalue weighted by Gasteiger charge is -2.47. The van der Waals surface area contributed by atoms with Gasteiger partial charge < -0.3 is 38.4 Å². The molecule has 1 saturated heterocycles. The fourth-order valence-corrected chi connectivity index (χ4v) is 8.14. The molecule has 0 aliphatic carbocycles. The van der Waals surface area contributed by atoms with Gasteiger partial charge in [0.05, 0.1) is 29.4 Å². The Bertz CT molecular complexity index is 1800. The van der Waals surface area contributed by atoms with E-state index in [4.69, 9.17) is 28.4 Å². The van der Waals surface area contributed by atoms with Crippen molar-refractivity contribution in [3.05, 3.63) is 71.3 Å². The molecule has 0 amide bonds. The number of hydrogen-bond acceptors (Lipinski definition) is 12. The van der Waals surface area contributed by atoms with Crippen LogP contribution in [0.2, 0.25) is 0 Å². The number of carbonyl (C=O) groups is 3. The molecule has 0 radical (unpaired) electrons. The van der Waals surface area contributed by atoms with Crippen LogP contribution in [-0.4, -0.2) is 108 Å². The number of Topliss-reactive ketones (excluding diaryl/α,β-unsaturated/α-hetero) is 1. The molecule has 2 aliphatic rings. The third kappa shape index (κ3) is 10.5. The Labute approximate surface area is 332 Å². The van der Waals surface area contributed by atoms with Gasteiger partial charge in [-0.3, -0.25) is 14.6 Å². The van der Waals surface area contributed by atoms with E-state index >= 15 is 0 Å². The number of benzene rings is 1. The monoisotopic (exact) mass is 778 g/mol. The van der Waals surface area contributed by atoms with Crippen LogP contribution in [0, 0.1) is 11.8 Å². The molecular formula is C44H62N2O10. The van der Waals surface area contributed by atoms with Gasteiger partial charge in [0.15, 0.2) is 18.2 Å². The number of methoxy groups -OCH3 is 1. The lowest BCUT2D eigenvalue weighted by atomic mass is 9.78. The number of pyridine rings is 1. The first-order valence-corrected chi connectivity index (χ1v) is 19.5. The molecule has 1 aromatic carbocycles. The molecule has 56 heavy (non-hydrogen) atoms. The number of cyclic esters (lactones) is 1. The number of aromatic nitrogens is 1. The van der Waals surface area contributed by atoms with Crippen molar-refractivity contribution in [2.24, 2.45) is 11.8 Å². The van der Waals surface area contributed by atoms with Crippen LogP contribution < -0.4 is 0 Å². The van der Waals surface area contributed by atoms with E-state index in [-0.39, 0.29) is 48.7 Å². The van der Waals surface area contributed by atoms with Crippen LogP contribution in [0.1, 0.15) is 87.1 Å². The second-order valence-electron chi connectivity index (χ2n) is 16.0. The number of aliphatic hydroxyl groups is 1. The van der Waals surface area contributed by atoms with Crippen molar-refractivity contribution < 1.29 is 47.9 Å². The summed E-state index contributed by atoms with van der Waals surface area (Å²) in [6.07, 6.45) is 5.84. The predicted molar refractivity (Wildman–Crippen MR) is 214 cm³/mol. The summed E-state index contributed by atoms with van der Waals surface area (Å²) in [5, 5.41) is 13.6. The van der Waals surface area contributed by atoms with E-state index in [1.807, 2.05) is 89.3 Å². The van der Waals surface area contributed by atoms with E-state index in [0.29, 0.717) is 12.0 Å². The molecule has 1 aromatic heterocycles.